The fourth-order valence-electron chi connectivity index (χ4n) is 4.59. The van der Waals surface area contributed by atoms with Crippen LogP contribution in [0.15, 0.2) is 24.3 Å². The zero-order chi connectivity index (χ0) is 20.1. The molecule has 1 aromatic carbocycles. The first kappa shape index (κ1) is 20.6. The van der Waals surface area contributed by atoms with Gasteiger partial charge in [0.25, 0.3) is 0 Å². The summed E-state index contributed by atoms with van der Waals surface area (Å²) in [4.78, 5) is 25.2. The van der Waals surface area contributed by atoms with Crippen molar-refractivity contribution in [3.8, 4) is 0 Å². The van der Waals surface area contributed by atoms with Gasteiger partial charge < -0.3 is 15.7 Å². The Morgan fingerprint density at radius 3 is 2.43 bits per heavy atom. The number of benzene rings is 1. The highest BCUT2D eigenvalue weighted by atomic mass is 19.1. The van der Waals surface area contributed by atoms with Gasteiger partial charge in [-0.05, 0) is 49.9 Å². The predicted molar refractivity (Wildman–Crippen MR) is 105 cm³/mol. The summed E-state index contributed by atoms with van der Waals surface area (Å²) in [5.41, 5.74) is 0.968. The van der Waals surface area contributed by atoms with E-state index in [4.69, 9.17) is 5.11 Å². The van der Waals surface area contributed by atoms with Gasteiger partial charge in [0.1, 0.15) is 5.82 Å². The number of nitrogens with zero attached hydrogens (tertiary/aromatic N) is 1. The van der Waals surface area contributed by atoms with E-state index in [1.807, 2.05) is 24.0 Å². The predicted octanol–water partition coefficient (Wildman–Crippen LogP) is 2.87. The van der Waals surface area contributed by atoms with Crippen molar-refractivity contribution in [3.05, 3.63) is 35.6 Å². The summed E-state index contributed by atoms with van der Waals surface area (Å²) < 4.78 is 13.3. The molecule has 154 valence electrons. The first-order chi connectivity index (χ1) is 13.4. The van der Waals surface area contributed by atoms with Crippen LogP contribution in [0, 0.1) is 5.82 Å². The number of carboxylic acid groups (broad SMARTS) is 1. The van der Waals surface area contributed by atoms with Crippen LogP contribution in [-0.2, 0) is 10.2 Å². The number of carbonyl (C=O) groups is 2. The second-order valence-corrected chi connectivity index (χ2v) is 8.10. The number of carboxylic acids is 1. The molecule has 0 aromatic heterocycles. The highest BCUT2D eigenvalue weighted by molar-refractivity contribution is 5.74. The molecule has 6 nitrogen and oxygen atoms in total. The molecule has 28 heavy (non-hydrogen) atoms. The average Bonchev–Trinajstić information content (AvgIpc) is 3.11. The van der Waals surface area contributed by atoms with Gasteiger partial charge in [-0.3, -0.25) is 9.69 Å². The highest BCUT2D eigenvalue weighted by Crippen LogP contribution is 2.40. The monoisotopic (exact) mass is 391 g/mol. The summed E-state index contributed by atoms with van der Waals surface area (Å²) in [6.07, 6.45) is 5.76. The molecule has 2 aliphatic rings. The number of likely N-dealkylation sites (N-methyl/N-ethyl adjacent to an activating group) is 1. The Hall–Kier alpha value is -2.15. The van der Waals surface area contributed by atoms with E-state index < -0.39 is 5.97 Å². The van der Waals surface area contributed by atoms with Gasteiger partial charge in [-0.2, -0.15) is 0 Å². The Kier molecular flexibility index (Phi) is 6.54. The second kappa shape index (κ2) is 8.90. The Morgan fingerprint density at radius 1 is 1.21 bits per heavy atom. The molecule has 2 saturated carbocycles. The van der Waals surface area contributed by atoms with Gasteiger partial charge in [0.2, 0.25) is 0 Å². The number of carbonyl (C=O) groups excluding carboxylic acids is 1. The molecule has 1 aromatic rings. The van der Waals surface area contributed by atoms with Gasteiger partial charge in [-0.25, -0.2) is 9.18 Å². The summed E-state index contributed by atoms with van der Waals surface area (Å²) in [7, 11) is 0. The molecule has 0 aliphatic heterocycles. The zero-order valence-electron chi connectivity index (χ0n) is 16.4. The molecule has 3 N–H and O–H groups in total. The molecule has 0 heterocycles. The molecule has 2 fully saturated rings. The normalized spacial score (nSPS) is 23.2. The molecule has 2 aliphatic carbocycles. The summed E-state index contributed by atoms with van der Waals surface area (Å²) in [5, 5.41) is 15.0. The lowest BCUT2D eigenvalue weighted by atomic mass is 9.79. The van der Waals surface area contributed by atoms with Crippen molar-refractivity contribution < 1.29 is 19.1 Å². The zero-order valence-corrected chi connectivity index (χ0v) is 16.4. The van der Waals surface area contributed by atoms with E-state index in [1.165, 1.54) is 12.1 Å². The van der Waals surface area contributed by atoms with E-state index in [-0.39, 0.29) is 35.9 Å². The van der Waals surface area contributed by atoms with Gasteiger partial charge in [-0.1, -0.05) is 31.9 Å². The van der Waals surface area contributed by atoms with Crippen molar-refractivity contribution in [2.24, 2.45) is 0 Å². The molecule has 3 rings (SSSR count). The molecule has 7 heteroatoms. The maximum Gasteiger partial charge on any atom is 0.317 e. The van der Waals surface area contributed by atoms with Crippen LogP contribution in [0.2, 0.25) is 0 Å². The number of hydrogen-bond acceptors (Lipinski definition) is 3. The second-order valence-electron chi connectivity index (χ2n) is 8.10. The van der Waals surface area contributed by atoms with Gasteiger partial charge in [0, 0.05) is 24.0 Å². The SMILES string of the molecule is CCN(CC(=O)O)C1CC(NC(=O)NCC2(c3ccc(F)cc3)CCCC2)C1. The fraction of sp³-hybridized carbons (Fsp3) is 0.619. The maximum absolute atomic E-state index is 13.3. The third kappa shape index (κ3) is 4.82. The number of urea groups is 1. The van der Waals surface area contributed by atoms with Crippen LogP contribution in [-0.4, -0.2) is 53.7 Å². The fourth-order valence-corrected chi connectivity index (χ4v) is 4.59. The van der Waals surface area contributed by atoms with E-state index in [0.29, 0.717) is 13.1 Å². The van der Waals surface area contributed by atoms with E-state index in [0.717, 1.165) is 44.1 Å². The van der Waals surface area contributed by atoms with Gasteiger partial charge in [-0.15, -0.1) is 0 Å². The minimum atomic E-state index is -0.821. The minimum Gasteiger partial charge on any atom is -0.480 e. The number of aliphatic carboxylic acids is 1. The van der Waals surface area contributed by atoms with E-state index in [9.17, 15) is 14.0 Å². The highest BCUT2D eigenvalue weighted by Gasteiger charge is 2.37. The van der Waals surface area contributed by atoms with Gasteiger partial charge >= 0.3 is 12.0 Å². The standard InChI is InChI=1S/C21H30FN3O3/c1-2-25(13-19(26)27)18-11-17(12-18)24-20(28)23-14-21(9-3-4-10-21)15-5-7-16(22)8-6-15/h5-8,17-18H,2-4,9-14H2,1H3,(H,26,27)(H2,23,24,28). The van der Waals surface area contributed by atoms with Crippen LogP contribution < -0.4 is 10.6 Å². The third-order valence-electron chi connectivity index (χ3n) is 6.31. The first-order valence-corrected chi connectivity index (χ1v) is 10.2. The average molecular weight is 391 g/mol. The number of amides is 2. The number of nitrogens with one attached hydrogen (secondary N) is 2. The van der Waals surface area contributed by atoms with E-state index in [1.54, 1.807) is 0 Å². The van der Waals surface area contributed by atoms with E-state index >= 15 is 0 Å². The van der Waals surface area contributed by atoms with Crippen LogP contribution in [0.25, 0.3) is 0 Å². The van der Waals surface area contributed by atoms with Crippen LogP contribution in [0.3, 0.4) is 0 Å². The molecule has 0 unspecified atom stereocenters. The first-order valence-electron chi connectivity index (χ1n) is 10.2. The van der Waals surface area contributed by atoms with Crippen molar-refractivity contribution in [1.29, 1.82) is 0 Å². The molecule has 0 spiro atoms. The lowest BCUT2D eigenvalue weighted by Crippen LogP contribution is -2.57. The Morgan fingerprint density at radius 2 is 1.86 bits per heavy atom. The summed E-state index contributed by atoms with van der Waals surface area (Å²) >= 11 is 0. The van der Waals surface area contributed by atoms with Crippen molar-refractivity contribution in [1.82, 2.24) is 15.5 Å². The maximum atomic E-state index is 13.3. The molecule has 0 atom stereocenters. The van der Waals surface area contributed by atoms with Crippen molar-refractivity contribution >= 4 is 12.0 Å². The Labute approximate surface area is 165 Å². The van der Waals surface area contributed by atoms with Crippen molar-refractivity contribution in [3.63, 3.8) is 0 Å². The lowest BCUT2D eigenvalue weighted by molar-refractivity contribution is -0.139. The summed E-state index contributed by atoms with van der Waals surface area (Å²) in [5.74, 6) is -1.06. The van der Waals surface area contributed by atoms with Crippen LogP contribution in [0.5, 0.6) is 0 Å². The molecule has 0 radical (unpaired) electrons. The van der Waals surface area contributed by atoms with Crippen molar-refractivity contribution in [2.45, 2.75) is 62.9 Å². The molecular weight excluding hydrogens is 361 g/mol. The number of rotatable bonds is 8. The molecular formula is C21H30FN3O3. The van der Waals surface area contributed by atoms with Gasteiger partial charge in [0.05, 0.1) is 6.54 Å². The summed E-state index contributed by atoms with van der Waals surface area (Å²) in [6, 6.07) is 6.75. The number of halogens is 1. The Bertz CT molecular complexity index is 683. The smallest absolute Gasteiger partial charge is 0.317 e. The van der Waals surface area contributed by atoms with Crippen LogP contribution in [0.1, 0.15) is 51.0 Å². The third-order valence-corrected chi connectivity index (χ3v) is 6.31. The van der Waals surface area contributed by atoms with E-state index in [2.05, 4.69) is 10.6 Å². The molecule has 0 bridgehead atoms. The largest absolute Gasteiger partial charge is 0.480 e. The topological polar surface area (TPSA) is 81.7 Å². The summed E-state index contributed by atoms with van der Waals surface area (Å²) in [6.45, 7) is 3.23. The lowest BCUT2D eigenvalue weighted by Gasteiger charge is -2.42. The quantitative estimate of drug-likeness (QED) is 0.636. The van der Waals surface area contributed by atoms with Crippen molar-refractivity contribution in [2.75, 3.05) is 19.6 Å². The number of hydrogen-bond donors (Lipinski definition) is 3. The Balaban J connectivity index is 1.47. The molecule has 2 amide bonds. The van der Waals surface area contributed by atoms with Crippen LogP contribution in [0.4, 0.5) is 9.18 Å². The van der Waals surface area contributed by atoms with Gasteiger partial charge in [0.15, 0.2) is 0 Å². The van der Waals surface area contributed by atoms with Crippen LogP contribution >= 0.6 is 0 Å². The molecule has 0 saturated heterocycles. The minimum absolute atomic E-state index is 0.0419.